The van der Waals surface area contributed by atoms with Gasteiger partial charge in [0.2, 0.25) is 0 Å². The number of thiophene rings is 1. The van der Waals surface area contributed by atoms with Crippen LogP contribution in [-0.2, 0) is 0 Å². The Hall–Kier alpha value is -3.07. The zero-order valence-corrected chi connectivity index (χ0v) is 17.1. The van der Waals surface area contributed by atoms with Crippen LogP contribution in [0.5, 0.6) is 5.75 Å². The van der Waals surface area contributed by atoms with Crippen molar-refractivity contribution in [3.63, 3.8) is 0 Å². The Balaban J connectivity index is 1.91. The molecule has 1 amide bonds. The first kappa shape index (κ1) is 20.7. The molecule has 0 saturated heterocycles. The number of rotatable bonds is 7. The summed E-state index contributed by atoms with van der Waals surface area (Å²) in [4.78, 5) is 37.8. The highest BCUT2D eigenvalue weighted by Crippen LogP contribution is 2.35. The van der Waals surface area contributed by atoms with Crippen LogP contribution in [-0.4, -0.2) is 37.9 Å². The highest BCUT2D eigenvalue weighted by Gasteiger charge is 2.27. The van der Waals surface area contributed by atoms with Gasteiger partial charge in [-0.25, -0.2) is 0 Å². The fourth-order valence-corrected chi connectivity index (χ4v) is 3.90. The van der Waals surface area contributed by atoms with Crippen molar-refractivity contribution in [2.24, 2.45) is 0 Å². The first-order valence-corrected chi connectivity index (χ1v) is 9.82. The van der Waals surface area contributed by atoms with Gasteiger partial charge < -0.3 is 20.6 Å². The van der Waals surface area contributed by atoms with Gasteiger partial charge in [0, 0.05) is 14.1 Å². The number of amides is 1. The first-order valence-electron chi connectivity index (χ1n) is 9.00. The average Bonchev–Trinajstić information content (AvgIpc) is 3.00. The number of hydrogen-bond acceptors (Lipinski definition) is 7. The van der Waals surface area contributed by atoms with Crippen molar-refractivity contribution in [2.75, 3.05) is 24.7 Å². The Morgan fingerprint density at radius 2 is 1.76 bits per heavy atom. The van der Waals surface area contributed by atoms with Gasteiger partial charge in [-0.1, -0.05) is 37.3 Å². The predicted octanol–water partition coefficient (Wildman–Crippen LogP) is 1.85. The van der Waals surface area contributed by atoms with Crippen molar-refractivity contribution in [2.45, 2.75) is 19.4 Å². The second kappa shape index (κ2) is 8.12. The van der Waals surface area contributed by atoms with Gasteiger partial charge in [-0.05, 0) is 16.8 Å². The van der Waals surface area contributed by atoms with Gasteiger partial charge in [0.05, 0.1) is 11.7 Å². The lowest BCUT2D eigenvalue weighted by molar-refractivity contribution is 0.0829. The molecule has 1 aromatic heterocycles. The lowest BCUT2D eigenvalue weighted by Gasteiger charge is -2.22. The molecule has 0 aliphatic carbocycles. The van der Waals surface area contributed by atoms with E-state index < -0.39 is 16.8 Å². The molecule has 2 radical (unpaired) electrons. The number of nitrogens with one attached hydrogen (secondary N) is 2. The second-order valence-electron chi connectivity index (χ2n) is 6.77. The van der Waals surface area contributed by atoms with Crippen molar-refractivity contribution in [3.8, 4) is 5.75 Å². The Morgan fingerprint density at radius 3 is 2.34 bits per heavy atom. The Kier molecular flexibility index (Phi) is 5.79. The molecular formula is C20H20BN3O4S. The summed E-state index contributed by atoms with van der Waals surface area (Å²) >= 11 is 0.907. The maximum Gasteiger partial charge on any atom is 0.267 e. The summed E-state index contributed by atoms with van der Waals surface area (Å²) in [6.07, 6.45) is 0.690. The molecule has 0 aliphatic heterocycles. The third kappa shape index (κ3) is 3.78. The van der Waals surface area contributed by atoms with Crippen LogP contribution in [0.4, 0.5) is 17.1 Å². The third-order valence-corrected chi connectivity index (χ3v) is 5.60. The van der Waals surface area contributed by atoms with Crippen LogP contribution >= 0.6 is 11.3 Å². The Morgan fingerprint density at radius 1 is 1.14 bits per heavy atom. The van der Waals surface area contributed by atoms with E-state index in [2.05, 4.69) is 10.6 Å². The molecule has 0 aliphatic rings. The van der Waals surface area contributed by atoms with E-state index >= 15 is 0 Å². The summed E-state index contributed by atoms with van der Waals surface area (Å²) in [6, 6.07) is 9.39. The van der Waals surface area contributed by atoms with Gasteiger partial charge in [0.25, 0.3) is 16.8 Å². The highest BCUT2D eigenvalue weighted by atomic mass is 32.1. The maximum absolute atomic E-state index is 12.2. The predicted molar refractivity (Wildman–Crippen MR) is 117 cm³/mol. The molecule has 9 heteroatoms. The standard InChI is InChI=1S/C20H20BN3O4S/c1-4-11(10-8-6-5-7-9-10)22-12-13(16(26)15(12)25)23-14-17(27)18(29-19(14)21)20(28)24(2)3/h5-9,11,22-23,27H,4H2,1-3H3/t11-/m1/s1. The molecular weight excluding hydrogens is 389 g/mol. The quantitative estimate of drug-likeness (QED) is 0.407. The number of anilines is 3. The van der Waals surface area contributed by atoms with E-state index in [0.717, 1.165) is 16.9 Å². The van der Waals surface area contributed by atoms with E-state index in [0.29, 0.717) is 6.42 Å². The van der Waals surface area contributed by atoms with Crippen LogP contribution in [0.1, 0.15) is 34.6 Å². The molecule has 3 aromatic rings. The molecule has 0 bridgehead atoms. The summed E-state index contributed by atoms with van der Waals surface area (Å²) in [7, 11) is 9.04. The number of benzene rings is 1. The van der Waals surface area contributed by atoms with E-state index in [1.807, 2.05) is 37.3 Å². The van der Waals surface area contributed by atoms with Gasteiger partial charge in [0.1, 0.15) is 24.1 Å². The van der Waals surface area contributed by atoms with E-state index in [4.69, 9.17) is 7.85 Å². The molecule has 0 saturated carbocycles. The van der Waals surface area contributed by atoms with Gasteiger partial charge in [-0.15, -0.1) is 11.3 Å². The van der Waals surface area contributed by atoms with Gasteiger partial charge >= 0.3 is 0 Å². The summed E-state index contributed by atoms with van der Waals surface area (Å²) < 4.78 is 0.141. The zero-order valence-electron chi connectivity index (χ0n) is 16.3. The Labute approximate surface area is 173 Å². The number of hydrogen-bond donors (Lipinski definition) is 3. The molecule has 3 rings (SSSR count). The monoisotopic (exact) mass is 409 g/mol. The SMILES string of the molecule is [B]c1sc(C(=O)N(C)C)c(O)c1Nc1c(N[C@H](CC)c2ccccc2)c(=O)c1=O. The number of carbonyl (C=O) groups excluding carboxylic acids is 1. The van der Waals surface area contributed by atoms with Crippen molar-refractivity contribution >= 4 is 46.9 Å². The Bertz CT molecular complexity index is 1120. The van der Waals surface area contributed by atoms with Crippen molar-refractivity contribution in [1.82, 2.24) is 4.90 Å². The van der Waals surface area contributed by atoms with Crippen LogP contribution in [0.3, 0.4) is 0 Å². The maximum atomic E-state index is 12.2. The second-order valence-corrected chi connectivity index (χ2v) is 7.82. The number of nitrogens with zero attached hydrogens (tertiary/aromatic N) is 1. The van der Waals surface area contributed by atoms with E-state index in [1.165, 1.54) is 4.90 Å². The van der Waals surface area contributed by atoms with E-state index in [-0.39, 0.29) is 38.5 Å². The lowest BCUT2D eigenvalue weighted by Crippen LogP contribution is -2.37. The van der Waals surface area contributed by atoms with Crippen LogP contribution < -0.4 is 26.3 Å². The summed E-state index contributed by atoms with van der Waals surface area (Å²) in [5.41, 5.74) is -0.168. The molecule has 1 atom stereocenters. The third-order valence-electron chi connectivity index (χ3n) is 4.60. The van der Waals surface area contributed by atoms with Gasteiger partial charge in [-0.3, -0.25) is 14.4 Å². The molecule has 7 nitrogen and oxygen atoms in total. The van der Waals surface area contributed by atoms with Crippen LogP contribution in [0.2, 0.25) is 0 Å². The summed E-state index contributed by atoms with van der Waals surface area (Å²) in [5.74, 6) is -0.758. The molecule has 2 aromatic carbocycles. The zero-order chi connectivity index (χ0) is 21.3. The van der Waals surface area contributed by atoms with Crippen LogP contribution in [0.15, 0.2) is 39.9 Å². The first-order chi connectivity index (χ1) is 13.8. The molecule has 0 unspecified atom stereocenters. The average molecular weight is 409 g/mol. The van der Waals surface area contributed by atoms with E-state index in [9.17, 15) is 19.5 Å². The normalized spacial score (nSPS) is 12.0. The number of carbonyl (C=O) groups is 1. The van der Waals surface area contributed by atoms with Gasteiger partial charge in [0.15, 0.2) is 5.75 Å². The molecule has 1 heterocycles. The minimum atomic E-state index is -0.707. The fourth-order valence-electron chi connectivity index (χ4n) is 2.96. The summed E-state index contributed by atoms with van der Waals surface area (Å²) in [5, 5.41) is 16.3. The highest BCUT2D eigenvalue weighted by molar-refractivity contribution is 7.23. The molecule has 148 valence electrons. The lowest BCUT2D eigenvalue weighted by atomic mass is 10.0. The van der Waals surface area contributed by atoms with Gasteiger partial charge in [-0.2, -0.15) is 0 Å². The number of aromatic hydroxyl groups is 1. The fraction of sp³-hybridized carbons (Fsp3) is 0.250. The molecule has 29 heavy (non-hydrogen) atoms. The topological polar surface area (TPSA) is 98.7 Å². The minimum absolute atomic E-state index is 0.0213. The van der Waals surface area contributed by atoms with Crippen LogP contribution in [0.25, 0.3) is 0 Å². The molecule has 0 fully saturated rings. The smallest absolute Gasteiger partial charge is 0.267 e. The van der Waals surface area contributed by atoms with Crippen LogP contribution in [0, 0.1) is 0 Å². The van der Waals surface area contributed by atoms with Crippen molar-refractivity contribution < 1.29 is 9.90 Å². The van der Waals surface area contributed by atoms with E-state index in [1.54, 1.807) is 14.1 Å². The van der Waals surface area contributed by atoms with Crippen molar-refractivity contribution in [3.05, 3.63) is 61.2 Å². The van der Waals surface area contributed by atoms with Crippen molar-refractivity contribution in [1.29, 1.82) is 0 Å². The minimum Gasteiger partial charge on any atom is -0.504 e. The largest absolute Gasteiger partial charge is 0.504 e. The molecule has 0 spiro atoms. The summed E-state index contributed by atoms with van der Waals surface area (Å²) in [6.45, 7) is 1.96. The molecule has 3 N–H and O–H groups in total.